The van der Waals surface area contributed by atoms with Gasteiger partial charge in [-0.15, -0.1) is 11.3 Å². The van der Waals surface area contributed by atoms with Crippen LogP contribution >= 0.6 is 11.3 Å². The van der Waals surface area contributed by atoms with E-state index in [9.17, 15) is 0 Å². The van der Waals surface area contributed by atoms with Crippen LogP contribution in [0.1, 0.15) is 25.6 Å². The third-order valence-electron chi connectivity index (χ3n) is 2.02. The van der Waals surface area contributed by atoms with Crippen LogP contribution < -0.4 is 4.80 Å². The summed E-state index contributed by atoms with van der Waals surface area (Å²) in [4.78, 5) is 1.85. The number of thiazole rings is 1. The van der Waals surface area contributed by atoms with E-state index in [2.05, 4.69) is 27.0 Å². The Balaban J connectivity index is 2.88. The molecule has 0 aliphatic carbocycles. The first-order valence-electron chi connectivity index (χ1n) is 4.69. The average molecular weight is 214 g/mol. The molecule has 0 aliphatic heterocycles. The number of methoxy groups -OCH3 is 1. The highest BCUT2D eigenvalue weighted by atomic mass is 32.1. The van der Waals surface area contributed by atoms with Crippen molar-refractivity contribution in [3.8, 4) is 0 Å². The highest BCUT2D eigenvalue weighted by molar-refractivity contribution is 7.09. The summed E-state index contributed by atoms with van der Waals surface area (Å²) < 4.78 is 6.94. The van der Waals surface area contributed by atoms with Crippen LogP contribution in [-0.2, 0) is 16.7 Å². The number of nitrogens with zero attached hydrogens (tertiary/aromatic N) is 1. The van der Waals surface area contributed by atoms with E-state index in [0.717, 1.165) is 6.54 Å². The van der Waals surface area contributed by atoms with Crippen LogP contribution in [0.4, 0.5) is 0 Å². The number of rotatable bonds is 3. The zero-order chi connectivity index (χ0) is 10.8. The first-order chi connectivity index (χ1) is 6.45. The topological polar surface area (TPSA) is 38.0 Å². The maximum atomic E-state index is 7.78. The lowest BCUT2D eigenvalue weighted by molar-refractivity contribution is 0.186. The van der Waals surface area contributed by atoms with Crippen molar-refractivity contribution in [2.24, 2.45) is 0 Å². The zero-order valence-electron chi connectivity index (χ0n) is 9.26. The maximum Gasteiger partial charge on any atom is 0.182 e. The van der Waals surface area contributed by atoms with Crippen molar-refractivity contribution in [2.75, 3.05) is 13.7 Å². The second kappa shape index (κ2) is 4.28. The fourth-order valence-electron chi connectivity index (χ4n) is 1.09. The highest BCUT2D eigenvalue weighted by Crippen LogP contribution is 2.23. The average Bonchev–Trinajstić information content (AvgIpc) is 2.43. The number of ether oxygens (including phenoxy) is 1. The van der Waals surface area contributed by atoms with Gasteiger partial charge in [0.25, 0.3) is 0 Å². The summed E-state index contributed by atoms with van der Waals surface area (Å²) in [6.07, 6.45) is 2.06. The molecule has 0 fully saturated rings. The van der Waals surface area contributed by atoms with Crippen molar-refractivity contribution in [1.82, 2.24) is 4.57 Å². The van der Waals surface area contributed by atoms with E-state index >= 15 is 0 Å². The Hall–Kier alpha value is -0.610. The molecular weight excluding hydrogens is 196 g/mol. The summed E-state index contributed by atoms with van der Waals surface area (Å²) in [6.45, 7) is 7.93. The van der Waals surface area contributed by atoms with Crippen molar-refractivity contribution in [3.63, 3.8) is 0 Å². The largest absolute Gasteiger partial charge is 0.383 e. The van der Waals surface area contributed by atoms with Crippen LogP contribution in [0.25, 0.3) is 0 Å². The maximum absolute atomic E-state index is 7.78. The van der Waals surface area contributed by atoms with Gasteiger partial charge in [0.2, 0.25) is 0 Å². The second-order valence-electron chi connectivity index (χ2n) is 4.34. The summed E-state index contributed by atoms with van der Waals surface area (Å²) >= 11 is 1.55. The molecule has 80 valence electrons. The highest BCUT2D eigenvalue weighted by Gasteiger charge is 2.16. The smallest absolute Gasteiger partial charge is 0.182 e. The minimum absolute atomic E-state index is 0.138. The standard InChI is InChI=1S/C10H18N2OS/c1-10(2,3)8-7-12(5-6-13-4)9(11)14-8/h7,11H,5-6H2,1-4H3. The molecule has 14 heavy (non-hydrogen) atoms. The third-order valence-corrected chi connectivity index (χ3v) is 3.38. The molecule has 0 amide bonds. The van der Waals surface area contributed by atoms with E-state index in [1.165, 1.54) is 4.88 Å². The van der Waals surface area contributed by atoms with Gasteiger partial charge >= 0.3 is 0 Å². The fourth-order valence-corrected chi connectivity index (χ4v) is 2.05. The number of hydrogen-bond acceptors (Lipinski definition) is 3. The van der Waals surface area contributed by atoms with Crippen LogP contribution in [0.5, 0.6) is 0 Å². The Kier molecular flexibility index (Phi) is 3.50. The van der Waals surface area contributed by atoms with Gasteiger partial charge in [0, 0.05) is 24.7 Å². The van der Waals surface area contributed by atoms with Crippen LogP contribution in [0, 0.1) is 5.41 Å². The molecule has 0 atom stereocenters. The molecule has 0 aliphatic rings. The quantitative estimate of drug-likeness (QED) is 0.821. The molecule has 0 aromatic carbocycles. The first-order valence-corrected chi connectivity index (χ1v) is 5.51. The van der Waals surface area contributed by atoms with E-state index < -0.39 is 0 Å². The summed E-state index contributed by atoms with van der Waals surface area (Å²) in [5, 5.41) is 7.78. The third kappa shape index (κ3) is 2.69. The molecule has 0 spiro atoms. The molecule has 0 saturated heterocycles. The second-order valence-corrected chi connectivity index (χ2v) is 5.37. The molecular formula is C10H18N2OS. The van der Waals surface area contributed by atoms with Crippen LogP contribution in [0.2, 0.25) is 0 Å². The van der Waals surface area contributed by atoms with Crippen LogP contribution in [0.3, 0.4) is 0 Å². The zero-order valence-corrected chi connectivity index (χ0v) is 10.1. The van der Waals surface area contributed by atoms with Gasteiger partial charge in [0.15, 0.2) is 4.80 Å². The van der Waals surface area contributed by atoms with E-state index in [1.807, 2.05) is 4.57 Å². The Morgan fingerprint density at radius 3 is 2.57 bits per heavy atom. The molecule has 0 saturated carbocycles. The van der Waals surface area contributed by atoms with Gasteiger partial charge in [0.1, 0.15) is 0 Å². The van der Waals surface area contributed by atoms with Gasteiger partial charge in [-0.2, -0.15) is 0 Å². The number of aromatic nitrogens is 1. The SMILES string of the molecule is COCCn1cc(C(C)(C)C)sc1=N. The van der Waals surface area contributed by atoms with Gasteiger partial charge in [-0.05, 0) is 5.41 Å². The van der Waals surface area contributed by atoms with E-state index in [1.54, 1.807) is 18.4 Å². The summed E-state index contributed by atoms with van der Waals surface area (Å²) in [7, 11) is 1.68. The van der Waals surface area contributed by atoms with Gasteiger partial charge in [-0.25, -0.2) is 0 Å². The minimum Gasteiger partial charge on any atom is -0.383 e. The van der Waals surface area contributed by atoms with Gasteiger partial charge in [-0.1, -0.05) is 20.8 Å². The minimum atomic E-state index is 0.138. The molecule has 1 aromatic rings. The predicted octanol–water partition coefficient (Wildman–Crippen LogP) is 1.97. The molecule has 4 heteroatoms. The van der Waals surface area contributed by atoms with E-state index in [4.69, 9.17) is 10.1 Å². The van der Waals surface area contributed by atoms with Crippen molar-refractivity contribution >= 4 is 11.3 Å². The lowest BCUT2D eigenvalue weighted by Gasteiger charge is -2.14. The Labute approximate surface area is 88.9 Å². The molecule has 1 heterocycles. The first kappa shape index (κ1) is 11.5. The van der Waals surface area contributed by atoms with Crippen molar-refractivity contribution in [2.45, 2.75) is 32.7 Å². The van der Waals surface area contributed by atoms with E-state index in [0.29, 0.717) is 11.4 Å². The predicted molar refractivity (Wildman–Crippen MR) is 58.7 cm³/mol. The Morgan fingerprint density at radius 2 is 2.14 bits per heavy atom. The summed E-state index contributed by atoms with van der Waals surface area (Å²) in [5.41, 5.74) is 0.138. The molecule has 0 unspecified atom stereocenters. The lowest BCUT2D eigenvalue weighted by Crippen LogP contribution is -2.15. The van der Waals surface area contributed by atoms with E-state index in [-0.39, 0.29) is 5.41 Å². The van der Waals surface area contributed by atoms with Crippen molar-refractivity contribution in [1.29, 1.82) is 5.41 Å². The molecule has 1 aromatic heterocycles. The molecule has 0 radical (unpaired) electrons. The van der Waals surface area contributed by atoms with Crippen LogP contribution in [0.15, 0.2) is 6.20 Å². The monoisotopic (exact) mass is 214 g/mol. The van der Waals surface area contributed by atoms with Gasteiger partial charge in [-0.3, -0.25) is 5.41 Å². The molecule has 1 rings (SSSR count). The molecule has 0 bridgehead atoms. The number of hydrogen-bond donors (Lipinski definition) is 1. The van der Waals surface area contributed by atoms with Crippen molar-refractivity contribution < 1.29 is 4.74 Å². The Morgan fingerprint density at radius 1 is 1.50 bits per heavy atom. The van der Waals surface area contributed by atoms with Crippen LogP contribution in [-0.4, -0.2) is 18.3 Å². The van der Waals surface area contributed by atoms with Gasteiger partial charge < -0.3 is 9.30 Å². The summed E-state index contributed by atoms with van der Waals surface area (Å²) in [5.74, 6) is 0. The summed E-state index contributed by atoms with van der Waals surface area (Å²) in [6, 6.07) is 0. The lowest BCUT2D eigenvalue weighted by atomic mass is 9.95. The molecule has 3 nitrogen and oxygen atoms in total. The number of nitrogens with one attached hydrogen (secondary N) is 1. The molecule has 1 N–H and O–H groups in total. The fraction of sp³-hybridized carbons (Fsp3) is 0.700. The normalized spacial score (nSPS) is 12.0. The Bertz CT molecular complexity index is 346. The van der Waals surface area contributed by atoms with Gasteiger partial charge in [0.05, 0.1) is 6.61 Å². The van der Waals surface area contributed by atoms with Crippen molar-refractivity contribution in [3.05, 3.63) is 15.9 Å².